The number of hydrogen-bond donors (Lipinski definition) is 1. The van der Waals surface area contributed by atoms with Crippen molar-refractivity contribution >= 4 is 38.5 Å². The van der Waals surface area contributed by atoms with Crippen LogP contribution in [-0.2, 0) is 11.3 Å². The lowest BCUT2D eigenvalue weighted by Crippen LogP contribution is -2.44. The Kier molecular flexibility index (Phi) is 7.05. The molecule has 1 aromatic heterocycles. The van der Waals surface area contributed by atoms with Crippen LogP contribution in [0.25, 0.3) is 10.2 Å². The zero-order valence-corrected chi connectivity index (χ0v) is 19.5. The van der Waals surface area contributed by atoms with Crippen LogP contribution in [0.1, 0.15) is 42.6 Å². The number of piperidine rings is 1. The van der Waals surface area contributed by atoms with Crippen LogP contribution in [-0.4, -0.2) is 47.9 Å². The Bertz CT molecular complexity index is 1080. The fourth-order valence-electron chi connectivity index (χ4n) is 4.22. The number of benzene rings is 2. The standard InChI is InChI=1S/C25H30N4O2S/c1-3-28(4-2)24(31)20-11-8-14-29(17-20)25-27-21-13-12-19(15-22(21)32-25)23(30)26-16-18-9-6-5-7-10-18/h5-7,9-10,12-13,15,20H,3-4,8,11,14,16-17H2,1-2H3,(H,26,30). The van der Waals surface area contributed by atoms with Crippen molar-refractivity contribution in [1.82, 2.24) is 15.2 Å². The number of hydrogen-bond acceptors (Lipinski definition) is 5. The van der Waals surface area contributed by atoms with Crippen LogP contribution in [0, 0.1) is 5.92 Å². The second kappa shape index (κ2) is 10.1. The van der Waals surface area contributed by atoms with Gasteiger partial charge in [0.15, 0.2) is 5.13 Å². The van der Waals surface area contributed by atoms with Gasteiger partial charge in [0, 0.05) is 38.3 Å². The molecule has 168 valence electrons. The average Bonchev–Trinajstić information content (AvgIpc) is 3.27. The van der Waals surface area contributed by atoms with E-state index in [0.717, 1.165) is 53.4 Å². The van der Waals surface area contributed by atoms with E-state index in [-0.39, 0.29) is 17.7 Å². The number of rotatable bonds is 7. The predicted molar refractivity (Wildman–Crippen MR) is 130 cm³/mol. The van der Waals surface area contributed by atoms with Gasteiger partial charge in [-0.2, -0.15) is 0 Å². The fraction of sp³-hybridized carbons (Fsp3) is 0.400. The Morgan fingerprint density at radius 2 is 1.94 bits per heavy atom. The third kappa shape index (κ3) is 4.93. The van der Waals surface area contributed by atoms with Crippen molar-refractivity contribution in [2.24, 2.45) is 5.92 Å². The highest BCUT2D eigenvalue weighted by molar-refractivity contribution is 7.22. The number of carbonyl (C=O) groups is 2. The highest BCUT2D eigenvalue weighted by Crippen LogP contribution is 2.32. The molecular weight excluding hydrogens is 420 g/mol. The molecule has 3 aromatic rings. The van der Waals surface area contributed by atoms with Crippen molar-refractivity contribution in [1.29, 1.82) is 0 Å². The number of fused-ring (bicyclic) bond motifs is 1. The monoisotopic (exact) mass is 450 g/mol. The molecule has 4 rings (SSSR count). The van der Waals surface area contributed by atoms with Crippen LogP contribution in [0.5, 0.6) is 0 Å². The van der Waals surface area contributed by atoms with Gasteiger partial charge in [0.25, 0.3) is 5.91 Å². The van der Waals surface area contributed by atoms with Gasteiger partial charge >= 0.3 is 0 Å². The van der Waals surface area contributed by atoms with Crippen LogP contribution in [0.3, 0.4) is 0 Å². The van der Waals surface area contributed by atoms with Crippen molar-refractivity contribution in [3.63, 3.8) is 0 Å². The van der Waals surface area contributed by atoms with Crippen LogP contribution in [0.4, 0.5) is 5.13 Å². The van der Waals surface area contributed by atoms with E-state index in [4.69, 9.17) is 4.98 Å². The summed E-state index contributed by atoms with van der Waals surface area (Å²) in [7, 11) is 0. The molecule has 1 N–H and O–H groups in total. The molecule has 1 fully saturated rings. The van der Waals surface area contributed by atoms with E-state index in [1.165, 1.54) is 0 Å². The zero-order valence-electron chi connectivity index (χ0n) is 18.7. The summed E-state index contributed by atoms with van der Waals surface area (Å²) >= 11 is 1.59. The maximum Gasteiger partial charge on any atom is 0.251 e. The van der Waals surface area contributed by atoms with Crippen molar-refractivity contribution in [2.75, 3.05) is 31.1 Å². The predicted octanol–water partition coefficient (Wildman–Crippen LogP) is 4.31. The summed E-state index contributed by atoms with van der Waals surface area (Å²) in [5.41, 5.74) is 2.60. The Labute approximate surface area is 193 Å². The number of carbonyl (C=O) groups excluding carboxylic acids is 2. The third-order valence-electron chi connectivity index (χ3n) is 6.05. The minimum atomic E-state index is -0.0893. The number of amides is 2. The highest BCUT2D eigenvalue weighted by atomic mass is 32.1. The molecule has 1 saturated heterocycles. The second-order valence-corrected chi connectivity index (χ2v) is 9.15. The van der Waals surface area contributed by atoms with Crippen LogP contribution >= 0.6 is 11.3 Å². The molecule has 0 radical (unpaired) electrons. The van der Waals surface area contributed by atoms with Gasteiger partial charge in [-0.15, -0.1) is 0 Å². The number of thiazole rings is 1. The highest BCUT2D eigenvalue weighted by Gasteiger charge is 2.29. The summed E-state index contributed by atoms with van der Waals surface area (Å²) in [5, 5.41) is 3.91. The van der Waals surface area contributed by atoms with Crippen LogP contribution in [0.2, 0.25) is 0 Å². The maximum absolute atomic E-state index is 12.8. The van der Waals surface area contributed by atoms with E-state index in [1.54, 1.807) is 11.3 Å². The first-order valence-corrected chi connectivity index (χ1v) is 12.2. The molecule has 1 aliphatic heterocycles. The average molecular weight is 451 g/mol. The van der Waals surface area contributed by atoms with E-state index in [2.05, 4.69) is 10.2 Å². The zero-order chi connectivity index (χ0) is 22.5. The minimum Gasteiger partial charge on any atom is -0.348 e. The van der Waals surface area contributed by atoms with E-state index in [1.807, 2.05) is 67.3 Å². The lowest BCUT2D eigenvalue weighted by Gasteiger charge is -2.34. The first kappa shape index (κ1) is 22.3. The Balaban J connectivity index is 1.45. The van der Waals surface area contributed by atoms with Gasteiger partial charge in [-0.1, -0.05) is 41.7 Å². The molecule has 1 unspecified atom stereocenters. The van der Waals surface area contributed by atoms with Crippen LogP contribution in [0.15, 0.2) is 48.5 Å². The molecule has 1 atom stereocenters. The lowest BCUT2D eigenvalue weighted by molar-refractivity contribution is -0.135. The van der Waals surface area contributed by atoms with E-state index < -0.39 is 0 Å². The molecule has 2 heterocycles. The van der Waals surface area contributed by atoms with Gasteiger partial charge < -0.3 is 15.1 Å². The van der Waals surface area contributed by atoms with E-state index in [9.17, 15) is 9.59 Å². The van der Waals surface area contributed by atoms with E-state index >= 15 is 0 Å². The summed E-state index contributed by atoms with van der Waals surface area (Å²) in [5.74, 6) is 0.182. The van der Waals surface area contributed by atoms with Crippen molar-refractivity contribution in [3.05, 3.63) is 59.7 Å². The minimum absolute atomic E-state index is 0.0231. The fourth-order valence-corrected chi connectivity index (χ4v) is 5.25. The summed E-state index contributed by atoms with van der Waals surface area (Å²) in [6.45, 7) is 7.68. The normalized spacial score (nSPS) is 16.2. The number of nitrogens with one attached hydrogen (secondary N) is 1. The lowest BCUT2D eigenvalue weighted by atomic mass is 9.97. The molecular formula is C25H30N4O2S. The van der Waals surface area contributed by atoms with Crippen molar-refractivity contribution < 1.29 is 9.59 Å². The first-order chi connectivity index (χ1) is 15.6. The molecule has 0 saturated carbocycles. The van der Waals surface area contributed by atoms with Crippen LogP contribution < -0.4 is 10.2 Å². The summed E-state index contributed by atoms with van der Waals surface area (Å²) < 4.78 is 0.990. The number of aromatic nitrogens is 1. The molecule has 0 bridgehead atoms. The molecule has 2 aromatic carbocycles. The molecule has 0 spiro atoms. The van der Waals surface area contributed by atoms with Crippen molar-refractivity contribution in [2.45, 2.75) is 33.2 Å². The Hall–Kier alpha value is -2.93. The number of nitrogens with zero attached hydrogens (tertiary/aromatic N) is 3. The Morgan fingerprint density at radius 1 is 1.16 bits per heavy atom. The number of anilines is 1. The molecule has 6 nitrogen and oxygen atoms in total. The molecule has 2 amide bonds. The van der Waals surface area contributed by atoms with Gasteiger partial charge in [0.1, 0.15) is 0 Å². The molecule has 0 aliphatic carbocycles. The molecule has 7 heteroatoms. The molecule has 32 heavy (non-hydrogen) atoms. The summed E-state index contributed by atoms with van der Waals surface area (Å²) in [6.07, 6.45) is 1.92. The second-order valence-electron chi connectivity index (χ2n) is 8.14. The smallest absolute Gasteiger partial charge is 0.251 e. The van der Waals surface area contributed by atoms with E-state index in [0.29, 0.717) is 18.7 Å². The largest absolute Gasteiger partial charge is 0.348 e. The Morgan fingerprint density at radius 3 is 2.69 bits per heavy atom. The first-order valence-electron chi connectivity index (χ1n) is 11.4. The van der Waals surface area contributed by atoms with Gasteiger partial charge in [0.2, 0.25) is 5.91 Å². The van der Waals surface area contributed by atoms with Gasteiger partial charge in [0.05, 0.1) is 16.1 Å². The summed E-state index contributed by atoms with van der Waals surface area (Å²) in [4.78, 5) is 34.4. The maximum atomic E-state index is 12.8. The van der Waals surface area contributed by atoms with Gasteiger partial charge in [-0.25, -0.2) is 4.98 Å². The quantitative estimate of drug-likeness (QED) is 0.583. The summed E-state index contributed by atoms with van der Waals surface area (Å²) in [6, 6.07) is 15.5. The van der Waals surface area contributed by atoms with Gasteiger partial charge in [-0.3, -0.25) is 9.59 Å². The van der Waals surface area contributed by atoms with Gasteiger partial charge in [-0.05, 0) is 50.5 Å². The molecule has 1 aliphatic rings. The SMILES string of the molecule is CCN(CC)C(=O)C1CCCN(c2nc3ccc(C(=O)NCc4ccccc4)cc3s2)C1. The third-order valence-corrected chi connectivity index (χ3v) is 7.13. The topological polar surface area (TPSA) is 65.5 Å². The van der Waals surface area contributed by atoms with Crippen molar-refractivity contribution in [3.8, 4) is 0 Å².